The van der Waals surface area contributed by atoms with Crippen LogP contribution in [0.2, 0.25) is 0 Å². The quantitative estimate of drug-likeness (QED) is 0.451. The molecule has 2 heteroatoms. The minimum Gasteiger partial charge on any atom is -0.340 e. The third kappa shape index (κ3) is 2.41. The van der Waals surface area contributed by atoms with Crippen LogP contribution in [0.4, 0.5) is 0 Å². The summed E-state index contributed by atoms with van der Waals surface area (Å²) in [5.74, 6) is 0.104. The van der Waals surface area contributed by atoms with Crippen molar-refractivity contribution in [2.45, 2.75) is 19.9 Å². The first-order valence-corrected chi connectivity index (χ1v) is 8.24. The fraction of sp³-hybridized carbons (Fsp3) is 0.136. The van der Waals surface area contributed by atoms with Crippen molar-refractivity contribution in [1.82, 2.24) is 4.57 Å². The van der Waals surface area contributed by atoms with Crippen LogP contribution in [0.1, 0.15) is 35.8 Å². The zero-order valence-electron chi connectivity index (χ0n) is 13.9. The lowest BCUT2D eigenvalue weighted by Crippen LogP contribution is -2.05. The molecule has 0 aliphatic heterocycles. The van der Waals surface area contributed by atoms with Gasteiger partial charge < -0.3 is 4.57 Å². The number of ketones is 1. The summed E-state index contributed by atoms with van der Waals surface area (Å²) in [6.45, 7) is 3.82. The summed E-state index contributed by atoms with van der Waals surface area (Å²) < 4.78 is 2.27. The molecule has 0 radical (unpaired) electrons. The van der Waals surface area contributed by atoms with Gasteiger partial charge in [-0.1, -0.05) is 36.4 Å². The first kappa shape index (κ1) is 14.7. The van der Waals surface area contributed by atoms with Crippen molar-refractivity contribution < 1.29 is 4.79 Å². The highest BCUT2D eigenvalue weighted by Gasteiger charge is 2.12. The van der Waals surface area contributed by atoms with Gasteiger partial charge in [0.1, 0.15) is 0 Å². The lowest BCUT2D eigenvalue weighted by molar-refractivity contribution is 0.101. The van der Waals surface area contributed by atoms with Crippen LogP contribution in [-0.2, 0) is 0 Å². The van der Waals surface area contributed by atoms with Crippen molar-refractivity contribution in [2.75, 3.05) is 0 Å². The smallest absolute Gasteiger partial charge is 0.159 e. The second kappa shape index (κ2) is 5.64. The second-order valence-electron chi connectivity index (χ2n) is 6.34. The average Bonchev–Trinajstić information content (AvgIpc) is 3.03. The molecule has 2 nitrogen and oxygen atoms in total. The molecule has 1 heterocycles. The minimum absolute atomic E-state index is 0.104. The Labute approximate surface area is 141 Å². The average molecular weight is 313 g/mol. The van der Waals surface area contributed by atoms with E-state index in [0.29, 0.717) is 0 Å². The fourth-order valence-corrected chi connectivity index (χ4v) is 3.35. The topological polar surface area (TPSA) is 22.0 Å². The maximum Gasteiger partial charge on any atom is 0.159 e. The molecule has 1 aromatic heterocycles. The zero-order chi connectivity index (χ0) is 16.7. The Balaban J connectivity index is 1.79. The summed E-state index contributed by atoms with van der Waals surface area (Å²) in [6, 6.07) is 23.3. The molecule has 0 saturated carbocycles. The van der Waals surface area contributed by atoms with Crippen LogP contribution in [-0.4, -0.2) is 10.4 Å². The van der Waals surface area contributed by atoms with Gasteiger partial charge in [0, 0.05) is 22.7 Å². The normalized spacial score (nSPS) is 12.6. The van der Waals surface area contributed by atoms with Gasteiger partial charge in [0.25, 0.3) is 0 Å². The molecule has 0 fully saturated rings. The van der Waals surface area contributed by atoms with Crippen molar-refractivity contribution in [3.8, 4) is 0 Å². The van der Waals surface area contributed by atoms with E-state index in [4.69, 9.17) is 0 Å². The molecule has 24 heavy (non-hydrogen) atoms. The van der Waals surface area contributed by atoms with Crippen molar-refractivity contribution in [3.05, 3.63) is 84.1 Å². The van der Waals surface area contributed by atoms with E-state index in [9.17, 15) is 4.79 Å². The number of benzene rings is 3. The minimum atomic E-state index is 0.104. The van der Waals surface area contributed by atoms with E-state index in [2.05, 4.69) is 66.2 Å². The lowest BCUT2D eigenvalue weighted by atomic mass is 10.0. The van der Waals surface area contributed by atoms with E-state index in [1.807, 2.05) is 18.2 Å². The highest BCUT2D eigenvalue weighted by atomic mass is 16.1. The summed E-state index contributed by atoms with van der Waals surface area (Å²) in [6.07, 6.45) is 2.11. The van der Waals surface area contributed by atoms with E-state index >= 15 is 0 Å². The summed E-state index contributed by atoms with van der Waals surface area (Å²) in [5.41, 5.74) is 3.20. The number of nitrogens with zero attached hydrogens (tertiary/aromatic N) is 1. The molecule has 0 bridgehead atoms. The third-order valence-electron chi connectivity index (χ3n) is 4.80. The number of aromatic nitrogens is 1. The Hall–Kier alpha value is -2.87. The Morgan fingerprint density at radius 2 is 1.67 bits per heavy atom. The molecule has 118 valence electrons. The van der Waals surface area contributed by atoms with E-state index in [0.717, 1.165) is 16.5 Å². The summed E-state index contributed by atoms with van der Waals surface area (Å²) in [4.78, 5) is 11.6. The van der Waals surface area contributed by atoms with Gasteiger partial charge in [0.05, 0.1) is 6.04 Å². The van der Waals surface area contributed by atoms with Crippen LogP contribution in [0.3, 0.4) is 0 Å². The van der Waals surface area contributed by atoms with Crippen LogP contribution in [0.5, 0.6) is 0 Å². The predicted octanol–water partition coefficient (Wildman–Crippen LogP) is 5.61. The molecule has 0 saturated heterocycles. The number of carbonyl (C=O) groups excluding carboxylic acids is 1. The van der Waals surface area contributed by atoms with Gasteiger partial charge >= 0.3 is 0 Å². The maximum atomic E-state index is 11.6. The molecule has 0 spiro atoms. The number of hydrogen-bond acceptors (Lipinski definition) is 1. The van der Waals surface area contributed by atoms with Crippen LogP contribution in [0.25, 0.3) is 21.7 Å². The maximum absolute atomic E-state index is 11.6. The van der Waals surface area contributed by atoms with Gasteiger partial charge in [-0.25, -0.2) is 0 Å². The van der Waals surface area contributed by atoms with Crippen LogP contribution < -0.4 is 0 Å². The molecular weight excluding hydrogens is 294 g/mol. The molecule has 1 atom stereocenters. The Morgan fingerprint density at radius 3 is 2.46 bits per heavy atom. The number of Topliss-reactive ketones (excluding diaryl/α,β-unsaturated/α-hetero) is 1. The van der Waals surface area contributed by atoms with E-state index in [1.54, 1.807) is 6.92 Å². The van der Waals surface area contributed by atoms with Gasteiger partial charge in [0.15, 0.2) is 5.78 Å². The summed E-state index contributed by atoms with van der Waals surface area (Å²) in [7, 11) is 0. The summed E-state index contributed by atoms with van der Waals surface area (Å²) >= 11 is 0. The van der Waals surface area contributed by atoms with Crippen molar-refractivity contribution in [1.29, 1.82) is 0 Å². The van der Waals surface area contributed by atoms with Crippen LogP contribution >= 0.6 is 0 Å². The monoisotopic (exact) mass is 313 g/mol. The third-order valence-corrected chi connectivity index (χ3v) is 4.80. The number of hydrogen-bond donors (Lipinski definition) is 0. The second-order valence-corrected chi connectivity index (χ2v) is 6.34. The van der Waals surface area contributed by atoms with Crippen LogP contribution in [0.15, 0.2) is 72.9 Å². The van der Waals surface area contributed by atoms with Gasteiger partial charge in [-0.3, -0.25) is 4.79 Å². The summed E-state index contributed by atoms with van der Waals surface area (Å²) in [5, 5.41) is 3.63. The molecule has 0 aliphatic rings. The molecule has 4 rings (SSSR count). The van der Waals surface area contributed by atoms with Gasteiger partial charge in [0.2, 0.25) is 0 Å². The molecule has 0 amide bonds. The first-order valence-electron chi connectivity index (χ1n) is 8.24. The standard InChI is InChI=1S/C22H19NO/c1-15(18-8-7-17-5-3-4-6-20(17)13-18)23-12-11-21-14-19(16(2)24)9-10-22(21)23/h3-15H,1-2H3. The van der Waals surface area contributed by atoms with Crippen molar-refractivity contribution in [2.24, 2.45) is 0 Å². The highest BCUT2D eigenvalue weighted by Crippen LogP contribution is 2.27. The number of fused-ring (bicyclic) bond motifs is 2. The predicted molar refractivity (Wildman–Crippen MR) is 99.7 cm³/mol. The Bertz CT molecular complexity index is 1060. The first-order chi connectivity index (χ1) is 11.6. The molecular formula is C22H19NO. The molecule has 0 aliphatic carbocycles. The van der Waals surface area contributed by atoms with Crippen molar-refractivity contribution >= 4 is 27.5 Å². The Kier molecular flexibility index (Phi) is 3.46. The van der Waals surface area contributed by atoms with Gasteiger partial charge in [-0.2, -0.15) is 0 Å². The molecule has 1 unspecified atom stereocenters. The molecule has 3 aromatic carbocycles. The highest BCUT2D eigenvalue weighted by molar-refractivity contribution is 5.98. The SMILES string of the molecule is CC(=O)c1ccc2c(ccn2C(C)c2ccc3ccccc3c2)c1. The van der Waals surface area contributed by atoms with Gasteiger partial charge in [-0.15, -0.1) is 0 Å². The largest absolute Gasteiger partial charge is 0.340 e. The molecule has 4 aromatic rings. The zero-order valence-corrected chi connectivity index (χ0v) is 13.9. The molecule has 0 N–H and O–H groups in total. The van der Waals surface area contributed by atoms with E-state index < -0.39 is 0 Å². The Morgan fingerprint density at radius 1 is 0.875 bits per heavy atom. The lowest BCUT2D eigenvalue weighted by Gasteiger charge is -2.17. The van der Waals surface area contributed by atoms with E-state index in [1.165, 1.54) is 16.3 Å². The fourth-order valence-electron chi connectivity index (χ4n) is 3.35. The van der Waals surface area contributed by atoms with E-state index in [-0.39, 0.29) is 11.8 Å². The van der Waals surface area contributed by atoms with Crippen molar-refractivity contribution in [3.63, 3.8) is 0 Å². The van der Waals surface area contributed by atoms with Crippen LogP contribution in [0, 0.1) is 0 Å². The number of rotatable bonds is 3. The number of carbonyl (C=O) groups is 1. The van der Waals surface area contributed by atoms with Gasteiger partial charge in [-0.05, 0) is 60.5 Å².